The summed E-state index contributed by atoms with van der Waals surface area (Å²) in [7, 11) is 1.76. The summed E-state index contributed by atoms with van der Waals surface area (Å²) in [6.07, 6.45) is 10.1. The number of hydrogen-bond acceptors (Lipinski definition) is 4. The SMILES string of the molecule is C=C(C)/C=C(\C=C/C[C@H](CC)NC(=C)C(/C=C(/C(=C)C)n1nnc(C)c1C)=NC)C(=C)C. The number of rotatable bonds is 12. The monoisotopic (exact) mass is 433 g/mol. The summed E-state index contributed by atoms with van der Waals surface area (Å²) < 4.78 is 1.79. The highest BCUT2D eigenvalue weighted by Gasteiger charge is 2.14. The van der Waals surface area contributed by atoms with E-state index in [1.807, 2.05) is 46.8 Å². The molecule has 32 heavy (non-hydrogen) atoms. The minimum absolute atomic E-state index is 0.226. The molecule has 0 saturated carbocycles. The Hall–Kier alpha value is -3.21. The standard InChI is InChI=1S/C27H39N5/c1-12-25(15-13-14-24(19(4)5)16-18(2)3)29-22(9)26(28-11)17-27(20(6)7)32-23(10)21(8)30-31-32/h13-14,16-17,25,29H,2,4,6,9,12,15H2,1,3,5,7-8,10-11H3/b14-13-,24-16+,27-17-,28-26?/t25-/m0/s1. The van der Waals surface area contributed by atoms with Crippen LogP contribution in [0.3, 0.4) is 0 Å². The molecular formula is C27H39N5. The van der Waals surface area contributed by atoms with E-state index in [0.29, 0.717) is 0 Å². The van der Waals surface area contributed by atoms with Gasteiger partial charge in [0.15, 0.2) is 0 Å². The van der Waals surface area contributed by atoms with Crippen LogP contribution in [0.1, 0.15) is 51.9 Å². The molecule has 0 radical (unpaired) electrons. The predicted molar refractivity (Wildman–Crippen MR) is 140 cm³/mol. The van der Waals surface area contributed by atoms with E-state index in [4.69, 9.17) is 0 Å². The molecule has 0 spiro atoms. The predicted octanol–water partition coefficient (Wildman–Crippen LogP) is 6.29. The average Bonchev–Trinajstić information content (AvgIpc) is 3.04. The number of aryl methyl sites for hydroxylation is 1. The van der Waals surface area contributed by atoms with Gasteiger partial charge in [0.05, 0.1) is 28.5 Å². The smallest absolute Gasteiger partial charge is 0.0830 e. The molecule has 5 nitrogen and oxygen atoms in total. The highest BCUT2D eigenvalue weighted by molar-refractivity contribution is 6.11. The third-order valence-corrected chi connectivity index (χ3v) is 5.10. The maximum atomic E-state index is 4.45. The summed E-state index contributed by atoms with van der Waals surface area (Å²) in [6.45, 7) is 28.4. The van der Waals surface area contributed by atoms with Crippen molar-refractivity contribution in [3.8, 4) is 0 Å². The molecule has 0 bridgehead atoms. The van der Waals surface area contributed by atoms with Crippen molar-refractivity contribution in [2.24, 2.45) is 4.99 Å². The molecule has 1 aromatic rings. The minimum atomic E-state index is 0.226. The lowest BCUT2D eigenvalue weighted by Gasteiger charge is -2.19. The molecular weight excluding hydrogens is 394 g/mol. The van der Waals surface area contributed by atoms with Gasteiger partial charge in [-0.25, -0.2) is 4.68 Å². The van der Waals surface area contributed by atoms with Gasteiger partial charge in [-0.2, -0.15) is 0 Å². The molecule has 0 unspecified atom stereocenters. The van der Waals surface area contributed by atoms with Crippen molar-refractivity contribution in [3.05, 3.63) is 90.0 Å². The molecule has 0 fully saturated rings. The normalized spacial score (nSPS) is 13.9. The van der Waals surface area contributed by atoms with E-state index in [-0.39, 0.29) is 6.04 Å². The van der Waals surface area contributed by atoms with Crippen LogP contribution in [0.4, 0.5) is 0 Å². The lowest BCUT2D eigenvalue weighted by molar-refractivity contribution is 0.566. The van der Waals surface area contributed by atoms with Crippen molar-refractivity contribution in [2.45, 2.75) is 60.4 Å². The lowest BCUT2D eigenvalue weighted by Crippen LogP contribution is -2.30. The second-order valence-electron chi connectivity index (χ2n) is 8.18. The molecule has 0 aliphatic heterocycles. The first-order chi connectivity index (χ1) is 15.0. The van der Waals surface area contributed by atoms with Crippen LogP contribution in [-0.4, -0.2) is 33.8 Å². The highest BCUT2D eigenvalue weighted by Crippen LogP contribution is 2.18. The Bertz CT molecular complexity index is 995. The molecule has 172 valence electrons. The zero-order valence-electron chi connectivity index (χ0n) is 20.9. The molecule has 0 aliphatic carbocycles. The Morgan fingerprint density at radius 1 is 1.09 bits per heavy atom. The fourth-order valence-electron chi connectivity index (χ4n) is 3.00. The Balaban J connectivity index is 3.03. The van der Waals surface area contributed by atoms with Gasteiger partial charge >= 0.3 is 0 Å². The Morgan fingerprint density at radius 3 is 2.19 bits per heavy atom. The van der Waals surface area contributed by atoms with Gasteiger partial charge in [-0.05, 0) is 64.7 Å². The van der Waals surface area contributed by atoms with Gasteiger partial charge in [-0.3, -0.25) is 4.99 Å². The van der Waals surface area contributed by atoms with Crippen LogP contribution in [-0.2, 0) is 0 Å². The van der Waals surface area contributed by atoms with Crippen molar-refractivity contribution in [1.29, 1.82) is 0 Å². The van der Waals surface area contributed by atoms with Crippen molar-refractivity contribution in [2.75, 3.05) is 7.05 Å². The largest absolute Gasteiger partial charge is 0.381 e. The van der Waals surface area contributed by atoms with Crippen molar-refractivity contribution in [1.82, 2.24) is 20.3 Å². The van der Waals surface area contributed by atoms with Gasteiger partial charge < -0.3 is 5.32 Å². The molecule has 0 aromatic carbocycles. The molecule has 5 heteroatoms. The molecule has 0 saturated heterocycles. The third kappa shape index (κ3) is 7.80. The summed E-state index contributed by atoms with van der Waals surface area (Å²) >= 11 is 0. The fraction of sp³-hybridized carbons (Fsp3) is 0.370. The number of nitrogens with zero attached hydrogens (tertiary/aromatic N) is 4. The third-order valence-electron chi connectivity index (χ3n) is 5.10. The summed E-state index contributed by atoms with van der Waals surface area (Å²) in [5.74, 6) is 0. The van der Waals surface area contributed by atoms with Gasteiger partial charge in [0.1, 0.15) is 0 Å². The van der Waals surface area contributed by atoms with Gasteiger partial charge in [0, 0.05) is 13.1 Å². The zero-order chi connectivity index (χ0) is 24.4. The minimum Gasteiger partial charge on any atom is -0.381 e. The van der Waals surface area contributed by atoms with Crippen LogP contribution < -0.4 is 5.32 Å². The zero-order valence-corrected chi connectivity index (χ0v) is 20.9. The van der Waals surface area contributed by atoms with Gasteiger partial charge in [-0.15, -0.1) is 5.10 Å². The van der Waals surface area contributed by atoms with Gasteiger partial charge in [0.2, 0.25) is 0 Å². The lowest BCUT2D eigenvalue weighted by atomic mass is 10.0. The van der Waals surface area contributed by atoms with Gasteiger partial charge in [0.25, 0.3) is 0 Å². The van der Waals surface area contributed by atoms with Crippen LogP contribution in [0.5, 0.6) is 0 Å². The molecule has 0 aliphatic rings. The molecule has 1 rings (SSSR count). The van der Waals surface area contributed by atoms with Crippen LogP contribution in [0.2, 0.25) is 0 Å². The maximum Gasteiger partial charge on any atom is 0.0830 e. The Kier molecular flexibility index (Phi) is 10.6. The van der Waals surface area contributed by atoms with Crippen molar-refractivity contribution < 1.29 is 0 Å². The summed E-state index contributed by atoms with van der Waals surface area (Å²) in [4.78, 5) is 4.45. The summed E-state index contributed by atoms with van der Waals surface area (Å²) in [5, 5.41) is 11.9. The molecule has 1 aromatic heterocycles. The van der Waals surface area contributed by atoms with E-state index in [2.05, 4.69) is 66.0 Å². The topological polar surface area (TPSA) is 55.1 Å². The number of aliphatic imine (C=N–C) groups is 1. The molecule has 0 amide bonds. The van der Waals surface area contributed by atoms with E-state index < -0.39 is 0 Å². The van der Waals surface area contributed by atoms with E-state index >= 15 is 0 Å². The van der Waals surface area contributed by atoms with E-state index in [0.717, 1.165) is 63.6 Å². The quantitative estimate of drug-likeness (QED) is 0.311. The van der Waals surface area contributed by atoms with E-state index in [9.17, 15) is 0 Å². The first-order valence-corrected chi connectivity index (χ1v) is 10.9. The van der Waals surface area contributed by atoms with E-state index in [1.54, 1.807) is 11.7 Å². The fourth-order valence-corrected chi connectivity index (χ4v) is 3.00. The van der Waals surface area contributed by atoms with Crippen molar-refractivity contribution >= 4 is 11.4 Å². The van der Waals surface area contributed by atoms with Gasteiger partial charge in [-0.1, -0.05) is 67.8 Å². The average molecular weight is 434 g/mol. The number of aromatic nitrogens is 3. The second-order valence-corrected chi connectivity index (χ2v) is 8.18. The van der Waals surface area contributed by atoms with Crippen molar-refractivity contribution in [3.63, 3.8) is 0 Å². The summed E-state index contributed by atoms with van der Waals surface area (Å²) in [6, 6.07) is 0.226. The number of allylic oxidation sites excluding steroid dienone is 8. The second kappa shape index (κ2) is 12.6. The Labute approximate surface area is 194 Å². The first kappa shape index (κ1) is 26.8. The Morgan fingerprint density at radius 2 is 1.75 bits per heavy atom. The molecule has 1 atom stereocenters. The van der Waals surface area contributed by atoms with E-state index in [1.165, 1.54) is 0 Å². The first-order valence-electron chi connectivity index (χ1n) is 10.9. The van der Waals surface area contributed by atoms with Crippen LogP contribution in [0.15, 0.2) is 83.6 Å². The summed E-state index contributed by atoms with van der Waals surface area (Å²) in [5.41, 5.74) is 8.21. The highest BCUT2D eigenvalue weighted by atomic mass is 15.4. The molecule has 1 heterocycles. The molecule has 1 N–H and O–H groups in total. The van der Waals surface area contributed by atoms with Crippen LogP contribution >= 0.6 is 0 Å². The maximum absolute atomic E-state index is 4.45. The number of nitrogens with one attached hydrogen (secondary N) is 1. The van der Waals surface area contributed by atoms with Crippen LogP contribution in [0.25, 0.3) is 5.70 Å². The number of hydrogen-bond donors (Lipinski definition) is 1. The van der Waals surface area contributed by atoms with Crippen LogP contribution in [0, 0.1) is 13.8 Å².